The lowest BCUT2D eigenvalue weighted by molar-refractivity contribution is -0.153. The van der Waals surface area contributed by atoms with E-state index in [4.69, 9.17) is 15.7 Å². The lowest BCUT2D eigenvalue weighted by Gasteiger charge is -2.21. The van der Waals surface area contributed by atoms with Crippen LogP contribution in [0.15, 0.2) is 17.1 Å². The van der Waals surface area contributed by atoms with Crippen molar-refractivity contribution in [3.05, 3.63) is 22.7 Å². The highest BCUT2D eigenvalue weighted by molar-refractivity contribution is 5.73. The number of rotatable bonds is 2. The molecule has 1 saturated heterocycles. The Kier molecular flexibility index (Phi) is 2.90. The fourth-order valence-corrected chi connectivity index (χ4v) is 1.46. The van der Waals surface area contributed by atoms with E-state index in [2.05, 4.69) is 4.98 Å². The number of nitrogen functional groups attached to an aromatic ring is 1. The number of nitrogens with two attached hydrogens (primary N) is 1. The number of aliphatic hydroxyl groups excluding tert-OH is 2. The first-order valence-corrected chi connectivity index (χ1v) is 4.82. The monoisotopic (exact) mass is 258 g/mol. The van der Waals surface area contributed by atoms with Gasteiger partial charge in [0.15, 0.2) is 6.23 Å². The van der Waals surface area contributed by atoms with Crippen LogP contribution in [0.2, 0.25) is 0 Å². The second kappa shape index (κ2) is 4.25. The van der Waals surface area contributed by atoms with E-state index in [1.165, 1.54) is 6.07 Å². The van der Waals surface area contributed by atoms with Gasteiger partial charge in [-0.05, 0) is 6.07 Å². The van der Waals surface area contributed by atoms with Gasteiger partial charge in [0.1, 0.15) is 11.9 Å². The SMILES string of the molecule is Nc1ccn(N2O[C@H](C(=O)O)[C@@H](O)[C@H]2O)c(=O)n1. The van der Waals surface area contributed by atoms with Gasteiger partial charge < -0.3 is 21.1 Å². The predicted molar refractivity (Wildman–Crippen MR) is 55.6 cm³/mol. The molecule has 2 heterocycles. The van der Waals surface area contributed by atoms with Crippen molar-refractivity contribution in [2.75, 3.05) is 10.9 Å². The molecule has 0 aromatic carbocycles. The number of aliphatic carboxylic acids is 1. The Balaban J connectivity index is 2.35. The third kappa shape index (κ3) is 1.88. The Hall–Kier alpha value is -2.17. The largest absolute Gasteiger partial charge is 0.479 e. The van der Waals surface area contributed by atoms with Crippen molar-refractivity contribution >= 4 is 11.8 Å². The fraction of sp³-hybridized carbons (Fsp3) is 0.375. The van der Waals surface area contributed by atoms with Crippen LogP contribution in [0.4, 0.5) is 5.82 Å². The molecule has 98 valence electrons. The molecule has 10 nitrogen and oxygen atoms in total. The minimum Gasteiger partial charge on any atom is -0.479 e. The van der Waals surface area contributed by atoms with E-state index >= 15 is 0 Å². The number of carbonyl (C=O) groups is 1. The van der Waals surface area contributed by atoms with E-state index in [0.717, 1.165) is 6.20 Å². The van der Waals surface area contributed by atoms with Crippen molar-refractivity contribution in [3.63, 3.8) is 0 Å². The molecule has 1 fully saturated rings. The summed E-state index contributed by atoms with van der Waals surface area (Å²) in [6.45, 7) is 0. The Bertz CT molecular complexity index is 531. The molecule has 5 N–H and O–H groups in total. The van der Waals surface area contributed by atoms with Crippen molar-refractivity contribution in [2.24, 2.45) is 0 Å². The molecule has 0 aliphatic carbocycles. The molecule has 0 bridgehead atoms. The van der Waals surface area contributed by atoms with Crippen LogP contribution in [0.3, 0.4) is 0 Å². The average Bonchev–Trinajstić information content (AvgIpc) is 2.57. The van der Waals surface area contributed by atoms with Gasteiger partial charge in [-0.3, -0.25) is 0 Å². The second-order valence-corrected chi connectivity index (χ2v) is 3.55. The van der Waals surface area contributed by atoms with Gasteiger partial charge in [-0.25, -0.2) is 14.4 Å². The molecule has 3 atom stereocenters. The molecule has 2 rings (SSSR count). The van der Waals surface area contributed by atoms with Gasteiger partial charge in [0.2, 0.25) is 6.10 Å². The van der Waals surface area contributed by atoms with Crippen LogP contribution < -0.4 is 16.6 Å². The van der Waals surface area contributed by atoms with E-state index in [1.54, 1.807) is 0 Å². The molecule has 10 heteroatoms. The zero-order chi connectivity index (χ0) is 13.4. The van der Waals surface area contributed by atoms with Gasteiger partial charge in [0.25, 0.3) is 0 Å². The van der Waals surface area contributed by atoms with Crippen LogP contribution in [-0.2, 0) is 9.63 Å². The molecule has 0 amide bonds. The van der Waals surface area contributed by atoms with Crippen molar-refractivity contribution in [1.82, 2.24) is 9.66 Å². The highest BCUT2D eigenvalue weighted by Crippen LogP contribution is 2.18. The first-order valence-electron chi connectivity index (χ1n) is 4.82. The maximum atomic E-state index is 11.5. The van der Waals surface area contributed by atoms with Gasteiger partial charge in [0, 0.05) is 6.20 Å². The molecular formula is C8H10N4O6. The van der Waals surface area contributed by atoms with Crippen LogP contribution in [-0.4, -0.2) is 49.4 Å². The Morgan fingerprint density at radius 2 is 2.17 bits per heavy atom. The fourth-order valence-electron chi connectivity index (χ4n) is 1.46. The standard InChI is InChI=1S/C8H10N4O6/c9-3-1-2-11(8(17)10-3)12-6(14)4(13)5(18-12)7(15)16/h1-2,4-6,13-14H,(H,15,16)(H2,9,10,17)/t4-,5+,6-/m1/s1. The van der Waals surface area contributed by atoms with E-state index in [-0.39, 0.29) is 5.82 Å². The van der Waals surface area contributed by atoms with Gasteiger partial charge in [-0.15, -0.1) is 0 Å². The summed E-state index contributed by atoms with van der Waals surface area (Å²) in [5.74, 6) is -1.51. The highest BCUT2D eigenvalue weighted by Gasteiger charge is 2.46. The number of anilines is 1. The number of carboxylic acids is 1. The third-order valence-corrected chi connectivity index (χ3v) is 2.33. The van der Waals surface area contributed by atoms with Gasteiger partial charge in [-0.1, -0.05) is 0 Å². The maximum absolute atomic E-state index is 11.5. The number of aromatic nitrogens is 2. The van der Waals surface area contributed by atoms with Crippen molar-refractivity contribution in [2.45, 2.75) is 18.4 Å². The molecule has 18 heavy (non-hydrogen) atoms. The Morgan fingerprint density at radius 3 is 2.67 bits per heavy atom. The summed E-state index contributed by atoms with van der Waals surface area (Å²) in [4.78, 5) is 30.3. The average molecular weight is 258 g/mol. The number of hydrogen-bond acceptors (Lipinski definition) is 8. The van der Waals surface area contributed by atoms with E-state index in [1.807, 2.05) is 0 Å². The molecule has 1 aliphatic rings. The van der Waals surface area contributed by atoms with Crippen LogP contribution in [0, 0.1) is 0 Å². The second-order valence-electron chi connectivity index (χ2n) is 3.55. The summed E-state index contributed by atoms with van der Waals surface area (Å²) in [5.41, 5.74) is 4.39. The molecule has 0 unspecified atom stereocenters. The molecule has 0 saturated carbocycles. The van der Waals surface area contributed by atoms with E-state index in [9.17, 15) is 19.8 Å². The Labute approximate surface area is 99.4 Å². The van der Waals surface area contributed by atoms with Crippen molar-refractivity contribution in [1.29, 1.82) is 0 Å². The number of carboxylic acid groups (broad SMARTS) is 1. The number of nitrogens with zero attached hydrogens (tertiary/aromatic N) is 3. The van der Waals surface area contributed by atoms with E-state index in [0.29, 0.717) is 9.85 Å². The van der Waals surface area contributed by atoms with Crippen LogP contribution in [0.5, 0.6) is 0 Å². The summed E-state index contributed by atoms with van der Waals surface area (Å²) < 4.78 is 0.702. The zero-order valence-corrected chi connectivity index (χ0v) is 8.87. The Morgan fingerprint density at radius 1 is 1.50 bits per heavy atom. The molecular weight excluding hydrogens is 248 g/mol. The minimum atomic E-state index is -1.71. The first kappa shape index (κ1) is 12.3. The number of hydroxylamine groups is 1. The summed E-state index contributed by atoms with van der Waals surface area (Å²) in [6, 6.07) is 1.25. The van der Waals surface area contributed by atoms with Crippen LogP contribution in [0.1, 0.15) is 0 Å². The molecule has 1 aliphatic heterocycles. The zero-order valence-electron chi connectivity index (χ0n) is 8.87. The smallest absolute Gasteiger partial charge is 0.370 e. The number of aliphatic hydroxyl groups is 2. The van der Waals surface area contributed by atoms with Gasteiger partial charge >= 0.3 is 11.7 Å². The molecule has 0 radical (unpaired) electrons. The molecule has 1 aromatic rings. The highest BCUT2D eigenvalue weighted by atomic mass is 16.8. The van der Waals surface area contributed by atoms with Crippen LogP contribution >= 0.6 is 0 Å². The van der Waals surface area contributed by atoms with E-state index < -0.39 is 30.1 Å². The van der Waals surface area contributed by atoms with Crippen molar-refractivity contribution < 1.29 is 25.0 Å². The topological polar surface area (TPSA) is 151 Å². The van der Waals surface area contributed by atoms with Crippen molar-refractivity contribution in [3.8, 4) is 0 Å². The first-order chi connectivity index (χ1) is 8.41. The molecule has 1 aromatic heterocycles. The van der Waals surface area contributed by atoms with Gasteiger partial charge in [-0.2, -0.15) is 14.8 Å². The molecule has 0 spiro atoms. The summed E-state index contributed by atoms with van der Waals surface area (Å²) in [5, 5.41) is 28.3. The van der Waals surface area contributed by atoms with Crippen LogP contribution in [0.25, 0.3) is 0 Å². The minimum absolute atomic E-state index is 0.0414. The van der Waals surface area contributed by atoms with Gasteiger partial charge in [0.05, 0.1) is 0 Å². The lowest BCUT2D eigenvalue weighted by atomic mass is 10.2. The normalized spacial score (nSPS) is 27.4. The maximum Gasteiger partial charge on any atom is 0.370 e. The summed E-state index contributed by atoms with van der Waals surface area (Å²) in [7, 11) is 0. The number of hydrogen-bond donors (Lipinski definition) is 4. The third-order valence-electron chi connectivity index (χ3n) is 2.33. The predicted octanol–water partition coefficient (Wildman–Crippen LogP) is -3.16. The lowest BCUT2D eigenvalue weighted by Crippen LogP contribution is -2.47. The quantitative estimate of drug-likeness (QED) is 0.430. The summed E-state index contributed by atoms with van der Waals surface area (Å²) in [6.07, 6.45) is -3.96. The summed E-state index contributed by atoms with van der Waals surface area (Å²) >= 11 is 0.